The van der Waals surface area contributed by atoms with Crippen LogP contribution in [-0.2, 0) is 19.4 Å². The molecule has 1 aromatic rings. The lowest BCUT2D eigenvalue weighted by Gasteiger charge is -2.12. The maximum Gasteiger partial charge on any atom is 0.340 e. The van der Waals surface area contributed by atoms with E-state index >= 15 is 0 Å². The number of carbonyl (C=O) groups excluding carboxylic acids is 1. The summed E-state index contributed by atoms with van der Waals surface area (Å²) in [5, 5.41) is 0. The molecule has 0 aliphatic carbocycles. The molecule has 1 rings (SSSR count). The molecule has 0 N–H and O–H groups in total. The van der Waals surface area contributed by atoms with Crippen molar-refractivity contribution in [1.29, 1.82) is 0 Å². The molecule has 0 aliphatic rings. The maximum absolute atomic E-state index is 11.7. The fraction of sp³-hybridized carbons (Fsp3) is 0.357. The number of sulfone groups is 1. The van der Waals surface area contributed by atoms with Gasteiger partial charge in [-0.3, -0.25) is 0 Å². The first-order chi connectivity index (χ1) is 9.34. The van der Waals surface area contributed by atoms with Crippen LogP contribution in [-0.4, -0.2) is 33.4 Å². The van der Waals surface area contributed by atoms with Crippen molar-refractivity contribution in [1.82, 2.24) is 0 Å². The van der Waals surface area contributed by atoms with E-state index in [-0.39, 0.29) is 10.6 Å². The van der Waals surface area contributed by atoms with Crippen molar-refractivity contribution in [2.45, 2.75) is 24.3 Å². The van der Waals surface area contributed by atoms with Crippen LogP contribution in [0.1, 0.15) is 13.3 Å². The zero-order valence-electron chi connectivity index (χ0n) is 11.5. The van der Waals surface area contributed by atoms with Crippen molar-refractivity contribution in [3.8, 4) is 5.75 Å². The van der Waals surface area contributed by atoms with Gasteiger partial charge in [-0.25, -0.2) is 13.2 Å². The highest BCUT2D eigenvalue weighted by Gasteiger charge is 2.16. The SMILES string of the molecule is C=CCCOC(C)C(=O)Oc1cccc(S(C)(=O)=O)c1. The predicted molar refractivity (Wildman–Crippen MR) is 75.4 cm³/mol. The first kappa shape index (κ1) is 16.4. The molecule has 20 heavy (non-hydrogen) atoms. The molecule has 110 valence electrons. The van der Waals surface area contributed by atoms with Crippen molar-refractivity contribution in [3.05, 3.63) is 36.9 Å². The summed E-state index contributed by atoms with van der Waals surface area (Å²) >= 11 is 0. The molecule has 0 aliphatic heterocycles. The lowest BCUT2D eigenvalue weighted by atomic mass is 10.3. The number of hydrogen-bond acceptors (Lipinski definition) is 5. The van der Waals surface area contributed by atoms with Crippen LogP contribution >= 0.6 is 0 Å². The third kappa shape index (κ3) is 5.14. The molecule has 0 bridgehead atoms. The second-order valence-corrected chi connectivity index (χ2v) is 6.27. The average Bonchev–Trinajstić information content (AvgIpc) is 2.38. The van der Waals surface area contributed by atoms with Crippen LogP contribution in [0.4, 0.5) is 0 Å². The molecule has 0 amide bonds. The monoisotopic (exact) mass is 298 g/mol. The number of benzene rings is 1. The van der Waals surface area contributed by atoms with E-state index in [4.69, 9.17) is 9.47 Å². The van der Waals surface area contributed by atoms with E-state index in [2.05, 4.69) is 6.58 Å². The predicted octanol–water partition coefficient (Wildman–Crippen LogP) is 1.98. The Labute approximate surface area is 119 Å². The largest absolute Gasteiger partial charge is 0.425 e. The minimum absolute atomic E-state index is 0.100. The van der Waals surface area contributed by atoms with E-state index in [0.717, 1.165) is 6.26 Å². The highest BCUT2D eigenvalue weighted by atomic mass is 32.2. The number of esters is 1. The molecule has 0 heterocycles. The summed E-state index contributed by atoms with van der Waals surface area (Å²) in [6, 6.07) is 5.78. The van der Waals surface area contributed by atoms with E-state index in [1.165, 1.54) is 24.3 Å². The topological polar surface area (TPSA) is 69.7 Å². The standard InChI is InChI=1S/C14H18O5S/c1-4-5-9-18-11(2)14(15)19-12-7-6-8-13(10-12)20(3,16)17/h4,6-8,10-11H,1,5,9H2,2-3H3. The van der Waals surface area contributed by atoms with Gasteiger partial charge in [0.15, 0.2) is 15.9 Å². The van der Waals surface area contributed by atoms with Gasteiger partial charge in [0.2, 0.25) is 0 Å². The third-order valence-corrected chi connectivity index (χ3v) is 3.58. The van der Waals surface area contributed by atoms with Gasteiger partial charge in [-0.2, -0.15) is 0 Å². The van der Waals surface area contributed by atoms with Gasteiger partial charge >= 0.3 is 5.97 Å². The van der Waals surface area contributed by atoms with Gasteiger partial charge in [-0.05, 0) is 31.5 Å². The Morgan fingerprint density at radius 3 is 2.75 bits per heavy atom. The Balaban J connectivity index is 2.69. The summed E-state index contributed by atoms with van der Waals surface area (Å²) in [6.45, 7) is 5.50. The number of ether oxygens (including phenoxy) is 2. The second-order valence-electron chi connectivity index (χ2n) is 4.26. The van der Waals surface area contributed by atoms with E-state index in [1.54, 1.807) is 13.0 Å². The summed E-state index contributed by atoms with van der Waals surface area (Å²) < 4.78 is 33.1. The molecule has 6 heteroatoms. The van der Waals surface area contributed by atoms with Crippen LogP contribution in [0.2, 0.25) is 0 Å². The molecule has 0 fully saturated rings. The summed E-state index contributed by atoms with van der Waals surface area (Å²) in [4.78, 5) is 11.8. The molecule has 1 aromatic carbocycles. The van der Waals surface area contributed by atoms with Crippen molar-refractivity contribution < 1.29 is 22.7 Å². The molecule has 0 aromatic heterocycles. The van der Waals surface area contributed by atoms with E-state index in [1.807, 2.05) is 0 Å². The van der Waals surface area contributed by atoms with Crippen LogP contribution in [0.3, 0.4) is 0 Å². The molecule has 1 atom stereocenters. The third-order valence-electron chi connectivity index (χ3n) is 2.47. The van der Waals surface area contributed by atoms with Gasteiger partial charge in [-0.1, -0.05) is 12.1 Å². The number of hydrogen-bond donors (Lipinski definition) is 0. The molecular weight excluding hydrogens is 280 g/mol. The smallest absolute Gasteiger partial charge is 0.340 e. The molecule has 0 saturated carbocycles. The van der Waals surface area contributed by atoms with Gasteiger partial charge in [0, 0.05) is 6.26 Å². The Bertz CT molecular complexity index is 577. The Morgan fingerprint density at radius 1 is 1.45 bits per heavy atom. The normalized spacial score (nSPS) is 12.7. The van der Waals surface area contributed by atoms with Crippen molar-refractivity contribution >= 4 is 15.8 Å². The molecule has 0 saturated heterocycles. The Morgan fingerprint density at radius 2 is 2.15 bits per heavy atom. The molecule has 0 radical (unpaired) electrons. The van der Waals surface area contributed by atoms with Crippen LogP contribution in [0.5, 0.6) is 5.75 Å². The first-order valence-electron chi connectivity index (χ1n) is 6.09. The lowest BCUT2D eigenvalue weighted by molar-refractivity contribution is -0.146. The van der Waals surface area contributed by atoms with Gasteiger partial charge < -0.3 is 9.47 Å². The van der Waals surface area contributed by atoms with Crippen LogP contribution in [0.25, 0.3) is 0 Å². The number of rotatable bonds is 7. The van der Waals surface area contributed by atoms with Crippen molar-refractivity contribution in [2.24, 2.45) is 0 Å². The summed E-state index contributed by atoms with van der Waals surface area (Å²) in [5.41, 5.74) is 0. The molecule has 1 unspecified atom stereocenters. The maximum atomic E-state index is 11.7. The van der Waals surface area contributed by atoms with Crippen LogP contribution < -0.4 is 4.74 Å². The highest BCUT2D eigenvalue weighted by molar-refractivity contribution is 7.90. The molecule has 0 spiro atoms. The summed E-state index contributed by atoms with van der Waals surface area (Å²) in [7, 11) is -3.33. The highest BCUT2D eigenvalue weighted by Crippen LogP contribution is 2.18. The Hall–Kier alpha value is -1.66. The first-order valence-corrected chi connectivity index (χ1v) is 7.98. The molecular formula is C14H18O5S. The molecule has 5 nitrogen and oxygen atoms in total. The van der Waals surface area contributed by atoms with Crippen molar-refractivity contribution in [2.75, 3.05) is 12.9 Å². The van der Waals surface area contributed by atoms with E-state index < -0.39 is 21.9 Å². The van der Waals surface area contributed by atoms with Gasteiger partial charge in [-0.15, -0.1) is 6.58 Å². The minimum atomic E-state index is -3.33. The average molecular weight is 298 g/mol. The quantitative estimate of drug-likeness (QED) is 0.333. The van der Waals surface area contributed by atoms with Crippen LogP contribution in [0, 0.1) is 0 Å². The zero-order valence-corrected chi connectivity index (χ0v) is 12.4. The summed E-state index contributed by atoms with van der Waals surface area (Å²) in [5.74, 6) is -0.392. The van der Waals surface area contributed by atoms with E-state index in [0.29, 0.717) is 13.0 Å². The minimum Gasteiger partial charge on any atom is -0.425 e. The van der Waals surface area contributed by atoms with Gasteiger partial charge in [0.25, 0.3) is 0 Å². The van der Waals surface area contributed by atoms with Crippen molar-refractivity contribution in [3.63, 3.8) is 0 Å². The van der Waals surface area contributed by atoms with Gasteiger partial charge in [0.1, 0.15) is 5.75 Å². The number of carbonyl (C=O) groups is 1. The second kappa shape index (κ2) is 7.21. The summed E-state index contributed by atoms with van der Waals surface area (Å²) in [6.07, 6.45) is 2.70. The van der Waals surface area contributed by atoms with Gasteiger partial charge in [0.05, 0.1) is 11.5 Å². The zero-order chi connectivity index (χ0) is 15.2. The lowest BCUT2D eigenvalue weighted by Crippen LogP contribution is -2.26. The fourth-order valence-corrected chi connectivity index (χ4v) is 2.02. The van der Waals surface area contributed by atoms with Crippen LogP contribution in [0.15, 0.2) is 41.8 Å². The van der Waals surface area contributed by atoms with E-state index in [9.17, 15) is 13.2 Å². The Kier molecular flexibility index (Phi) is 5.91. The fourth-order valence-electron chi connectivity index (χ4n) is 1.36.